The number of amides is 4. The SMILES string of the molecule is COc1ccc2c(c1)C(=O)N(CC[C@@]1(c3cc4cnccc4o3)NC(=O)N(COP(=O)(OCc3ccccc3)OCc3ccccc3)C1=O)C2. The number of carbonyl (C=O) groups is 3. The number of phosphoric ester groups is 1. The Morgan fingerprint density at radius 1 is 0.900 bits per heavy atom. The molecule has 4 amide bonds. The summed E-state index contributed by atoms with van der Waals surface area (Å²) in [4.78, 5) is 47.8. The first kappa shape index (κ1) is 33.2. The Hall–Kier alpha value is -5.33. The van der Waals surface area contributed by atoms with Crippen molar-refractivity contribution in [2.45, 2.75) is 31.7 Å². The molecule has 0 radical (unpaired) electrons. The number of methoxy groups -OCH3 is 1. The number of phosphoric acid groups is 1. The van der Waals surface area contributed by atoms with Gasteiger partial charge in [-0.05, 0) is 41.0 Å². The maximum atomic E-state index is 14.4. The monoisotopic (exact) mass is 696 g/mol. The molecule has 50 heavy (non-hydrogen) atoms. The molecule has 13 nitrogen and oxygen atoms in total. The summed E-state index contributed by atoms with van der Waals surface area (Å²) in [5.41, 5.74) is 1.47. The summed E-state index contributed by atoms with van der Waals surface area (Å²) in [7, 11) is -2.82. The molecule has 5 aromatic rings. The standard InChI is InChI=1S/C36H33N4O9P/c1-45-29-13-12-27-21-39(33(41)30(27)19-29)17-15-36(32-18-28-20-37-16-14-31(28)49-32)34(42)40(35(43)38-36)24-48-50(44,46-22-25-8-4-2-5-9-25)47-23-26-10-6-3-7-11-26/h2-14,16,18-20H,15,17,21-24H2,1H3,(H,38,43)/t36-/m0/s1. The fraction of sp³-hybridized carbons (Fsp3) is 0.222. The van der Waals surface area contributed by atoms with E-state index in [1.165, 1.54) is 7.11 Å². The van der Waals surface area contributed by atoms with Crippen LogP contribution in [0.3, 0.4) is 0 Å². The van der Waals surface area contributed by atoms with E-state index in [0.29, 0.717) is 40.0 Å². The second kappa shape index (κ2) is 13.9. The number of furan rings is 1. The van der Waals surface area contributed by atoms with Crippen molar-refractivity contribution in [1.82, 2.24) is 20.1 Å². The van der Waals surface area contributed by atoms with Crippen LogP contribution >= 0.6 is 7.82 Å². The molecule has 1 N–H and O–H groups in total. The van der Waals surface area contributed by atoms with E-state index in [-0.39, 0.29) is 37.8 Å². The van der Waals surface area contributed by atoms with Gasteiger partial charge in [-0.15, -0.1) is 0 Å². The summed E-state index contributed by atoms with van der Waals surface area (Å²) < 4.78 is 42.4. The van der Waals surface area contributed by atoms with Crippen LogP contribution in [-0.4, -0.2) is 53.0 Å². The minimum Gasteiger partial charge on any atom is -0.497 e. The predicted molar refractivity (Wildman–Crippen MR) is 179 cm³/mol. The van der Waals surface area contributed by atoms with E-state index in [0.717, 1.165) is 10.5 Å². The zero-order valence-corrected chi connectivity index (χ0v) is 27.9. The summed E-state index contributed by atoms with van der Waals surface area (Å²) in [6, 6.07) is 25.8. The van der Waals surface area contributed by atoms with Gasteiger partial charge in [-0.1, -0.05) is 66.7 Å². The average molecular weight is 697 g/mol. The third-order valence-corrected chi connectivity index (χ3v) is 10.00. The molecular weight excluding hydrogens is 663 g/mol. The van der Waals surface area contributed by atoms with E-state index in [4.69, 9.17) is 22.7 Å². The third kappa shape index (κ3) is 6.64. The van der Waals surface area contributed by atoms with Crippen molar-refractivity contribution in [3.8, 4) is 5.75 Å². The molecule has 1 atom stereocenters. The highest BCUT2D eigenvalue weighted by Crippen LogP contribution is 2.51. The van der Waals surface area contributed by atoms with Crippen molar-refractivity contribution in [2.24, 2.45) is 0 Å². The van der Waals surface area contributed by atoms with Gasteiger partial charge in [0.15, 0.2) is 5.54 Å². The number of hydrogen-bond acceptors (Lipinski definition) is 10. The molecule has 0 saturated carbocycles. The molecule has 0 spiro atoms. The lowest BCUT2D eigenvalue weighted by Crippen LogP contribution is -2.46. The Morgan fingerprint density at radius 2 is 1.60 bits per heavy atom. The Balaban J connectivity index is 1.13. The van der Waals surface area contributed by atoms with Crippen LogP contribution < -0.4 is 10.1 Å². The fourth-order valence-electron chi connectivity index (χ4n) is 5.94. The van der Waals surface area contributed by atoms with Gasteiger partial charge in [-0.2, -0.15) is 0 Å². The van der Waals surface area contributed by atoms with Crippen LogP contribution in [0.4, 0.5) is 4.79 Å². The van der Waals surface area contributed by atoms with Crippen LogP contribution in [-0.2, 0) is 48.2 Å². The zero-order valence-electron chi connectivity index (χ0n) is 27.0. The van der Waals surface area contributed by atoms with Gasteiger partial charge in [0.25, 0.3) is 11.8 Å². The maximum Gasteiger partial charge on any atom is 0.477 e. The molecule has 0 aliphatic carbocycles. The highest BCUT2D eigenvalue weighted by molar-refractivity contribution is 7.48. The molecule has 0 unspecified atom stereocenters. The molecule has 14 heteroatoms. The Labute approximate surface area is 287 Å². The first-order valence-electron chi connectivity index (χ1n) is 15.8. The van der Waals surface area contributed by atoms with Crippen LogP contribution in [0.5, 0.6) is 5.75 Å². The van der Waals surface area contributed by atoms with Crippen molar-refractivity contribution < 1.29 is 41.7 Å². The highest BCUT2D eigenvalue weighted by Gasteiger charge is 2.55. The highest BCUT2D eigenvalue weighted by atomic mass is 31.2. The van der Waals surface area contributed by atoms with E-state index in [1.54, 1.807) is 65.8 Å². The number of nitrogens with one attached hydrogen (secondary N) is 1. The lowest BCUT2D eigenvalue weighted by molar-refractivity contribution is -0.134. The van der Waals surface area contributed by atoms with Crippen LogP contribution in [0.1, 0.15) is 39.2 Å². The third-order valence-electron chi connectivity index (χ3n) is 8.67. The van der Waals surface area contributed by atoms with E-state index < -0.39 is 32.0 Å². The largest absolute Gasteiger partial charge is 0.497 e. The average Bonchev–Trinajstić information content (AvgIpc) is 3.80. The number of pyridine rings is 1. The van der Waals surface area contributed by atoms with Gasteiger partial charge in [0.2, 0.25) is 0 Å². The van der Waals surface area contributed by atoms with Crippen molar-refractivity contribution in [2.75, 3.05) is 20.4 Å². The van der Waals surface area contributed by atoms with Gasteiger partial charge < -0.3 is 19.4 Å². The second-order valence-electron chi connectivity index (χ2n) is 11.8. The number of urea groups is 1. The summed E-state index contributed by atoms with van der Waals surface area (Å²) in [6.45, 7) is -0.564. The number of rotatable bonds is 14. The van der Waals surface area contributed by atoms with Gasteiger partial charge in [-0.25, -0.2) is 14.3 Å². The fourth-order valence-corrected chi connectivity index (χ4v) is 7.04. The molecule has 1 fully saturated rings. The molecule has 2 aromatic heterocycles. The maximum absolute atomic E-state index is 14.4. The molecule has 256 valence electrons. The van der Waals surface area contributed by atoms with Gasteiger partial charge in [0.1, 0.15) is 23.8 Å². The van der Waals surface area contributed by atoms with Crippen molar-refractivity contribution in [3.05, 3.63) is 131 Å². The predicted octanol–water partition coefficient (Wildman–Crippen LogP) is 6.15. The van der Waals surface area contributed by atoms with Crippen LogP contribution in [0.15, 0.2) is 108 Å². The number of nitrogens with zero attached hydrogens (tertiary/aromatic N) is 3. The van der Waals surface area contributed by atoms with Gasteiger partial charge in [0.05, 0.1) is 20.3 Å². The number of carbonyl (C=O) groups excluding carboxylic acids is 3. The first-order chi connectivity index (χ1) is 24.3. The van der Waals surface area contributed by atoms with Crippen LogP contribution in [0, 0.1) is 0 Å². The Morgan fingerprint density at radius 3 is 2.26 bits per heavy atom. The molecule has 2 aliphatic heterocycles. The number of hydrogen-bond donors (Lipinski definition) is 1. The Kier molecular flexibility index (Phi) is 9.21. The molecule has 2 aliphatic rings. The summed E-state index contributed by atoms with van der Waals surface area (Å²) in [5, 5.41) is 3.40. The summed E-state index contributed by atoms with van der Waals surface area (Å²) >= 11 is 0. The lowest BCUT2D eigenvalue weighted by atomic mass is 9.91. The van der Waals surface area contributed by atoms with Crippen LogP contribution in [0.2, 0.25) is 0 Å². The Bertz CT molecular complexity index is 2010. The van der Waals surface area contributed by atoms with Crippen molar-refractivity contribution in [3.63, 3.8) is 0 Å². The normalized spacial score (nSPS) is 17.4. The number of fused-ring (bicyclic) bond motifs is 2. The molecule has 7 rings (SSSR count). The number of benzene rings is 3. The lowest BCUT2D eigenvalue weighted by Gasteiger charge is -2.27. The molecule has 3 aromatic carbocycles. The van der Waals surface area contributed by atoms with E-state index in [9.17, 15) is 18.9 Å². The van der Waals surface area contributed by atoms with E-state index >= 15 is 0 Å². The molecule has 1 saturated heterocycles. The minimum atomic E-state index is -4.34. The van der Waals surface area contributed by atoms with Crippen molar-refractivity contribution >= 4 is 36.6 Å². The van der Waals surface area contributed by atoms with Crippen molar-refractivity contribution in [1.29, 1.82) is 0 Å². The van der Waals surface area contributed by atoms with Gasteiger partial charge >= 0.3 is 13.9 Å². The minimum absolute atomic E-state index is 0.0368. The van der Waals surface area contributed by atoms with E-state index in [1.807, 2.05) is 42.5 Å². The number of aromatic nitrogens is 1. The summed E-state index contributed by atoms with van der Waals surface area (Å²) in [6.07, 6.45) is 3.09. The molecular formula is C36H33N4O9P. The quantitative estimate of drug-likeness (QED) is 0.106. The number of imide groups is 1. The van der Waals surface area contributed by atoms with Gasteiger partial charge in [-0.3, -0.25) is 28.1 Å². The van der Waals surface area contributed by atoms with Crippen LogP contribution in [0.25, 0.3) is 11.0 Å². The van der Waals surface area contributed by atoms with E-state index in [2.05, 4.69) is 10.3 Å². The summed E-state index contributed by atoms with van der Waals surface area (Å²) in [5.74, 6) is -0.251. The molecule has 0 bridgehead atoms. The smallest absolute Gasteiger partial charge is 0.477 e. The zero-order chi connectivity index (χ0) is 34.7. The molecule has 4 heterocycles. The van der Waals surface area contributed by atoms with Gasteiger partial charge in [0, 0.05) is 42.9 Å². The first-order valence-corrected chi connectivity index (χ1v) is 17.3. The number of ether oxygens (including phenoxy) is 1. The second-order valence-corrected chi connectivity index (χ2v) is 13.5. The topological polar surface area (TPSA) is 150 Å².